The third-order valence-corrected chi connectivity index (χ3v) is 5.25. The average molecular weight is 403 g/mol. The molecule has 1 aliphatic heterocycles. The largest absolute Gasteiger partial charge is 0.352 e. The number of hydrogen-bond donors (Lipinski definition) is 1. The van der Waals surface area contributed by atoms with Crippen LogP contribution >= 0.6 is 0 Å². The lowest BCUT2D eigenvalue weighted by atomic mass is 9.89. The summed E-state index contributed by atoms with van der Waals surface area (Å²) in [6.07, 6.45) is 8.66. The van der Waals surface area contributed by atoms with Gasteiger partial charge in [-0.15, -0.1) is 0 Å². The van der Waals surface area contributed by atoms with Crippen LogP contribution in [0.1, 0.15) is 48.7 Å². The molecule has 1 fully saturated rings. The Morgan fingerprint density at radius 2 is 1.90 bits per heavy atom. The first-order chi connectivity index (χ1) is 14.6. The molecule has 0 aromatic carbocycles. The van der Waals surface area contributed by atoms with Crippen LogP contribution in [0.4, 0.5) is 5.95 Å². The van der Waals surface area contributed by atoms with Crippen molar-refractivity contribution >= 4 is 11.9 Å². The summed E-state index contributed by atoms with van der Waals surface area (Å²) >= 11 is 0. The van der Waals surface area contributed by atoms with Gasteiger partial charge in [-0.1, -0.05) is 6.07 Å². The molecule has 154 valence electrons. The van der Waals surface area contributed by atoms with Crippen LogP contribution in [0.2, 0.25) is 0 Å². The second-order valence-electron chi connectivity index (χ2n) is 7.81. The fraction of sp³-hybridized carbons (Fsp3) is 0.348. The molecule has 1 amide bonds. The van der Waals surface area contributed by atoms with Gasteiger partial charge in [0.25, 0.3) is 5.91 Å². The van der Waals surface area contributed by atoms with E-state index in [1.165, 1.54) is 0 Å². The molecule has 0 unspecified atom stereocenters. The third-order valence-electron chi connectivity index (χ3n) is 5.25. The molecule has 7 nitrogen and oxygen atoms in total. The quantitative estimate of drug-likeness (QED) is 0.699. The monoisotopic (exact) mass is 402 g/mol. The SMILES string of the molecule is CC(C)Nc1ncc(-c2ccccn2)c(C2CCN(C(=O)c3cccnc3)CC2)n1. The molecule has 0 atom stereocenters. The molecule has 3 aromatic rings. The zero-order valence-corrected chi connectivity index (χ0v) is 17.3. The number of carbonyl (C=O) groups excluding carboxylic acids is 1. The molecule has 0 aliphatic carbocycles. The van der Waals surface area contributed by atoms with Gasteiger partial charge in [-0.2, -0.15) is 0 Å². The number of aromatic nitrogens is 4. The van der Waals surface area contributed by atoms with Gasteiger partial charge >= 0.3 is 0 Å². The minimum atomic E-state index is 0.0383. The van der Waals surface area contributed by atoms with Crippen LogP contribution in [0.5, 0.6) is 0 Å². The van der Waals surface area contributed by atoms with Gasteiger partial charge in [0.2, 0.25) is 5.95 Å². The number of amides is 1. The third kappa shape index (κ3) is 4.45. The van der Waals surface area contributed by atoms with Gasteiger partial charge in [-0.05, 0) is 51.0 Å². The second-order valence-corrected chi connectivity index (χ2v) is 7.81. The highest BCUT2D eigenvalue weighted by atomic mass is 16.2. The van der Waals surface area contributed by atoms with E-state index in [1.807, 2.05) is 35.4 Å². The van der Waals surface area contributed by atoms with E-state index in [1.54, 1.807) is 24.7 Å². The summed E-state index contributed by atoms with van der Waals surface area (Å²) in [7, 11) is 0. The highest BCUT2D eigenvalue weighted by molar-refractivity contribution is 5.93. The van der Waals surface area contributed by atoms with Crippen molar-refractivity contribution in [2.45, 2.75) is 38.6 Å². The maximum Gasteiger partial charge on any atom is 0.255 e. The number of piperidine rings is 1. The van der Waals surface area contributed by atoms with Gasteiger partial charge in [0.05, 0.1) is 17.0 Å². The molecule has 0 saturated carbocycles. The lowest BCUT2D eigenvalue weighted by molar-refractivity contribution is 0.0712. The fourth-order valence-corrected chi connectivity index (χ4v) is 3.78. The van der Waals surface area contributed by atoms with Crippen molar-refractivity contribution in [3.05, 3.63) is 66.4 Å². The first-order valence-electron chi connectivity index (χ1n) is 10.4. The Bertz CT molecular complexity index is 985. The standard InChI is InChI=1S/C23H26N6O/c1-16(2)27-23-26-15-19(20-7-3-4-11-25-20)21(28-23)17-8-12-29(13-9-17)22(30)18-6-5-10-24-14-18/h3-7,10-11,14-17H,8-9,12-13H2,1-2H3,(H,26,27,28). The van der Waals surface area contributed by atoms with Crippen LogP contribution in [0.3, 0.4) is 0 Å². The Labute approximate surface area is 176 Å². The number of likely N-dealkylation sites (tertiary alicyclic amines) is 1. The van der Waals surface area contributed by atoms with Gasteiger partial charge in [0, 0.05) is 55.4 Å². The number of hydrogen-bond acceptors (Lipinski definition) is 6. The normalized spacial score (nSPS) is 14.7. The number of carbonyl (C=O) groups is 1. The van der Waals surface area contributed by atoms with E-state index in [-0.39, 0.29) is 17.9 Å². The zero-order valence-electron chi connectivity index (χ0n) is 17.3. The van der Waals surface area contributed by atoms with Crippen LogP contribution in [0.15, 0.2) is 55.1 Å². The molecule has 1 N–H and O–H groups in total. The lowest BCUT2D eigenvalue weighted by Crippen LogP contribution is -2.38. The van der Waals surface area contributed by atoms with Crippen LogP contribution in [0.25, 0.3) is 11.3 Å². The number of nitrogens with zero attached hydrogens (tertiary/aromatic N) is 5. The summed E-state index contributed by atoms with van der Waals surface area (Å²) < 4.78 is 0. The first kappa shape index (κ1) is 19.9. The average Bonchev–Trinajstić information content (AvgIpc) is 2.79. The van der Waals surface area contributed by atoms with Crippen LogP contribution in [-0.2, 0) is 0 Å². The van der Waals surface area contributed by atoms with Crippen LogP contribution in [-0.4, -0.2) is 49.9 Å². The molecule has 1 saturated heterocycles. The molecule has 0 spiro atoms. The first-order valence-corrected chi connectivity index (χ1v) is 10.4. The minimum Gasteiger partial charge on any atom is -0.352 e. The molecule has 0 bridgehead atoms. The highest BCUT2D eigenvalue weighted by Gasteiger charge is 2.28. The van der Waals surface area contributed by atoms with E-state index < -0.39 is 0 Å². The Morgan fingerprint density at radius 1 is 1.07 bits per heavy atom. The Morgan fingerprint density at radius 3 is 2.57 bits per heavy atom. The number of rotatable bonds is 5. The number of pyridine rings is 2. The van der Waals surface area contributed by atoms with E-state index >= 15 is 0 Å². The van der Waals surface area contributed by atoms with Gasteiger partial charge in [-0.25, -0.2) is 9.97 Å². The van der Waals surface area contributed by atoms with E-state index in [4.69, 9.17) is 4.98 Å². The fourth-order valence-electron chi connectivity index (χ4n) is 3.78. The molecule has 4 heterocycles. The predicted octanol–water partition coefficient (Wildman–Crippen LogP) is 3.77. The van der Waals surface area contributed by atoms with Crippen LogP contribution in [0, 0.1) is 0 Å². The van der Waals surface area contributed by atoms with Crippen molar-refractivity contribution in [2.75, 3.05) is 18.4 Å². The van der Waals surface area contributed by atoms with Crippen molar-refractivity contribution in [3.8, 4) is 11.3 Å². The zero-order chi connectivity index (χ0) is 20.9. The van der Waals surface area contributed by atoms with Crippen molar-refractivity contribution in [2.24, 2.45) is 0 Å². The van der Waals surface area contributed by atoms with Gasteiger partial charge in [-0.3, -0.25) is 14.8 Å². The molecule has 7 heteroatoms. The van der Waals surface area contributed by atoms with Gasteiger partial charge in [0.1, 0.15) is 0 Å². The summed E-state index contributed by atoms with van der Waals surface area (Å²) in [4.78, 5) is 32.6. The smallest absolute Gasteiger partial charge is 0.255 e. The molecule has 30 heavy (non-hydrogen) atoms. The molecule has 1 aliphatic rings. The van der Waals surface area contributed by atoms with Crippen molar-refractivity contribution in [3.63, 3.8) is 0 Å². The minimum absolute atomic E-state index is 0.0383. The molecule has 3 aromatic heterocycles. The van der Waals surface area contributed by atoms with Crippen LogP contribution < -0.4 is 5.32 Å². The Balaban J connectivity index is 1.56. The Kier molecular flexibility index (Phi) is 5.97. The summed E-state index contributed by atoms with van der Waals surface area (Å²) in [5, 5.41) is 3.30. The molecule has 4 rings (SSSR count). The summed E-state index contributed by atoms with van der Waals surface area (Å²) in [5.74, 6) is 0.917. The molecular weight excluding hydrogens is 376 g/mol. The van der Waals surface area contributed by atoms with E-state index in [0.29, 0.717) is 24.6 Å². The lowest BCUT2D eigenvalue weighted by Gasteiger charge is -2.32. The molecular formula is C23H26N6O. The molecule has 0 radical (unpaired) electrons. The second kappa shape index (κ2) is 8.98. The van der Waals surface area contributed by atoms with Gasteiger partial charge in [0.15, 0.2) is 0 Å². The van der Waals surface area contributed by atoms with Gasteiger partial charge < -0.3 is 10.2 Å². The predicted molar refractivity (Wildman–Crippen MR) is 116 cm³/mol. The number of anilines is 1. The maximum absolute atomic E-state index is 12.7. The summed E-state index contributed by atoms with van der Waals surface area (Å²) in [6.45, 7) is 5.52. The van der Waals surface area contributed by atoms with Crippen molar-refractivity contribution in [1.82, 2.24) is 24.8 Å². The Hall–Kier alpha value is -3.35. The summed E-state index contributed by atoms with van der Waals surface area (Å²) in [6, 6.07) is 9.72. The van der Waals surface area contributed by atoms with Crippen molar-refractivity contribution in [1.29, 1.82) is 0 Å². The van der Waals surface area contributed by atoms with Crippen molar-refractivity contribution < 1.29 is 4.79 Å². The number of nitrogens with one attached hydrogen (secondary N) is 1. The highest BCUT2D eigenvalue weighted by Crippen LogP contribution is 2.34. The topological polar surface area (TPSA) is 83.9 Å². The van der Waals surface area contributed by atoms with E-state index in [9.17, 15) is 4.79 Å². The van der Waals surface area contributed by atoms with E-state index in [2.05, 4.69) is 34.1 Å². The maximum atomic E-state index is 12.7. The van der Waals surface area contributed by atoms with E-state index in [0.717, 1.165) is 29.8 Å². The summed E-state index contributed by atoms with van der Waals surface area (Å²) in [5.41, 5.74) is 3.47.